The maximum Gasteiger partial charge on any atom is 0.314 e. The lowest BCUT2D eigenvalue weighted by Gasteiger charge is -2.28. The number of rotatable bonds is 4. The molecule has 1 rings (SSSR count). The summed E-state index contributed by atoms with van der Waals surface area (Å²) in [4.78, 5) is 12.1. The number of carbonyl (C=O) groups excluding carboxylic acids is 1. The van der Waals surface area contributed by atoms with E-state index in [2.05, 4.69) is 5.32 Å². The van der Waals surface area contributed by atoms with E-state index < -0.39 is 0 Å². The van der Waals surface area contributed by atoms with Gasteiger partial charge in [-0.15, -0.1) is 0 Å². The summed E-state index contributed by atoms with van der Waals surface area (Å²) in [6.45, 7) is 1.92. The lowest BCUT2D eigenvalue weighted by Crippen LogP contribution is -2.43. The fraction of sp³-hybridized carbons (Fsp3) is 0.875. The van der Waals surface area contributed by atoms with Crippen molar-refractivity contribution in [2.45, 2.75) is 25.3 Å². The Morgan fingerprint density at radius 2 is 2.42 bits per heavy atom. The molecule has 4 heteroatoms. The number of primary amides is 1. The number of hydrogen-bond acceptors (Lipinski definition) is 2. The number of urea groups is 1. The predicted molar refractivity (Wildman–Crippen MR) is 47.9 cm³/mol. The van der Waals surface area contributed by atoms with Gasteiger partial charge in [-0.1, -0.05) is 0 Å². The van der Waals surface area contributed by atoms with Crippen LogP contribution in [0.15, 0.2) is 0 Å². The molecule has 0 aromatic rings. The van der Waals surface area contributed by atoms with Crippen molar-refractivity contribution in [3.63, 3.8) is 0 Å². The Morgan fingerprint density at radius 1 is 1.75 bits per heavy atom. The highest BCUT2D eigenvalue weighted by Crippen LogP contribution is 2.08. The quantitative estimate of drug-likeness (QED) is 0.632. The van der Waals surface area contributed by atoms with Gasteiger partial charge in [0.25, 0.3) is 0 Å². The van der Waals surface area contributed by atoms with Gasteiger partial charge in [-0.2, -0.15) is 0 Å². The minimum absolute atomic E-state index is 0.337. The Morgan fingerprint density at radius 3 is 2.83 bits per heavy atom. The summed E-state index contributed by atoms with van der Waals surface area (Å²) in [5.74, 6) is 0. The number of nitrogens with zero attached hydrogens (tertiary/aromatic N) is 1. The molecule has 4 nitrogen and oxygen atoms in total. The first-order chi connectivity index (χ1) is 5.70. The third-order valence-electron chi connectivity index (χ3n) is 2.35. The van der Waals surface area contributed by atoms with Crippen LogP contribution in [0.1, 0.15) is 19.3 Å². The largest absolute Gasteiger partial charge is 0.351 e. The molecule has 1 saturated heterocycles. The monoisotopic (exact) mass is 171 g/mol. The van der Waals surface area contributed by atoms with Gasteiger partial charge in [0.1, 0.15) is 0 Å². The zero-order valence-electron chi connectivity index (χ0n) is 7.55. The van der Waals surface area contributed by atoms with Gasteiger partial charge in [0.15, 0.2) is 0 Å². The summed E-state index contributed by atoms with van der Waals surface area (Å²) >= 11 is 0. The molecular weight excluding hydrogens is 154 g/mol. The molecule has 1 unspecified atom stereocenters. The third kappa shape index (κ3) is 2.70. The molecule has 1 fully saturated rings. The van der Waals surface area contributed by atoms with Crippen molar-refractivity contribution >= 4 is 6.03 Å². The van der Waals surface area contributed by atoms with Crippen LogP contribution in [-0.2, 0) is 0 Å². The van der Waals surface area contributed by atoms with Crippen LogP contribution in [0.2, 0.25) is 0 Å². The van der Waals surface area contributed by atoms with Crippen molar-refractivity contribution in [3.8, 4) is 0 Å². The molecule has 1 aliphatic rings. The Kier molecular flexibility index (Phi) is 3.34. The summed E-state index contributed by atoms with van der Waals surface area (Å²) in [7, 11) is 1.73. The molecule has 70 valence electrons. The molecule has 1 atom stereocenters. The number of nitrogens with two attached hydrogens (primary N) is 1. The Labute approximate surface area is 73.1 Å². The van der Waals surface area contributed by atoms with Crippen LogP contribution in [0.4, 0.5) is 4.79 Å². The smallest absolute Gasteiger partial charge is 0.314 e. The zero-order valence-corrected chi connectivity index (χ0v) is 7.55. The van der Waals surface area contributed by atoms with Crippen LogP contribution < -0.4 is 11.1 Å². The molecule has 1 aliphatic heterocycles. The van der Waals surface area contributed by atoms with Gasteiger partial charge in [0.2, 0.25) is 0 Å². The summed E-state index contributed by atoms with van der Waals surface area (Å²) < 4.78 is 0. The van der Waals surface area contributed by atoms with Crippen molar-refractivity contribution in [2.75, 3.05) is 20.1 Å². The lowest BCUT2D eigenvalue weighted by molar-refractivity contribution is 0.215. The average molecular weight is 171 g/mol. The Bertz CT molecular complexity index is 156. The summed E-state index contributed by atoms with van der Waals surface area (Å²) in [5, 5.41) is 3.31. The van der Waals surface area contributed by atoms with E-state index in [0.29, 0.717) is 6.04 Å². The second-order valence-electron chi connectivity index (χ2n) is 3.34. The standard InChI is InChI=1S/C8H17N3O/c1-11(8(9)12)6-2-3-7-4-5-10-7/h7,10H,2-6H2,1H3,(H2,9,12). The highest BCUT2D eigenvalue weighted by atomic mass is 16.2. The molecule has 0 radical (unpaired) electrons. The highest BCUT2D eigenvalue weighted by Gasteiger charge is 2.15. The van der Waals surface area contributed by atoms with Gasteiger partial charge in [-0.3, -0.25) is 0 Å². The van der Waals surface area contributed by atoms with E-state index in [1.807, 2.05) is 0 Å². The fourth-order valence-corrected chi connectivity index (χ4v) is 1.28. The summed E-state index contributed by atoms with van der Waals surface area (Å²) in [6.07, 6.45) is 3.47. The van der Waals surface area contributed by atoms with Gasteiger partial charge < -0.3 is 16.0 Å². The maximum atomic E-state index is 10.6. The maximum absolute atomic E-state index is 10.6. The number of carbonyl (C=O) groups is 1. The molecule has 0 bridgehead atoms. The summed E-state index contributed by atoms with van der Waals surface area (Å²) in [6, 6.07) is 0.350. The van der Waals surface area contributed by atoms with Crippen LogP contribution in [-0.4, -0.2) is 37.1 Å². The molecule has 12 heavy (non-hydrogen) atoms. The van der Waals surface area contributed by atoms with E-state index in [1.165, 1.54) is 6.42 Å². The molecule has 0 saturated carbocycles. The molecule has 0 aliphatic carbocycles. The van der Waals surface area contributed by atoms with Crippen molar-refractivity contribution in [1.82, 2.24) is 10.2 Å². The first kappa shape index (κ1) is 9.32. The topological polar surface area (TPSA) is 58.4 Å². The molecule has 3 N–H and O–H groups in total. The molecule has 2 amide bonds. The summed E-state index contributed by atoms with van der Waals surface area (Å²) in [5.41, 5.74) is 5.07. The molecule has 0 spiro atoms. The van der Waals surface area contributed by atoms with Gasteiger partial charge in [0, 0.05) is 19.6 Å². The SMILES string of the molecule is CN(CCCC1CCN1)C(N)=O. The van der Waals surface area contributed by atoms with Gasteiger partial charge >= 0.3 is 6.03 Å². The highest BCUT2D eigenvalue weighted by molar-refractivity contribution is 5.71. The van der Waals surface area contributed by atoms with E-state index >= 15 is 0 Å². The predicted octanol–water partition coefficient (Wildman–Crippen LogP) is 0.139. The van der Waals surface area contributed by atoms with Gasteiger partial charge in [-0.05, 0) is 25.8 Å². The van der Waals surface area contributed by atoms with E-state index in [-0.39, 0.29) is 6.03 Å². The van der Waals surface area contributed by atoms with Crippen LogP contribution >= 0.6 is 0 Å². The molecule has 0 aromatic heterocycles. The lowest BCUT2D eigenvalue weighted by atomic mass is 10.0. The Balaban J connectivity index is 1.97. The molecule has 0 aromatic carbocycles. The van der Waals surface area contributed by atoms with E-state index in [1.54, 1.807) is 11.9 Å². The normalized spacial score (nSPS) is 21.6. The van der Waals surface area contributed by atoms with Crippen molar-refractivity contribution in [2.24, 2.45) is 5.73 Å². The van der Waals surface area contributed by atoms with Crippen molar-refractivity contribution in [3.05, 3.63) is 0 Å². The number of hydrogen-bond donors (Lipinski definition) is 2. The van der Waals surface area contributed by atoms with Crippen LogP contribution in [0.5, 0.6) is 0 Å². The van der Waals surface area contributed by atoms with Crippen molar-refractivity contribution in [1.29, 1.82) is 0 Å². The zero-order chi connectivity index (χ0) is 8.97. The second-order valence-corrected chi connectivity index (χ2v) is 3.34. The third-order valence-corrected chi connectivity index (χ3v) is 2.35. The van der Waals surface area contributed by atoms with Crippen LogP contribution in [0, 0.1) is 0 Å². The van der Waals surface area contributed by atoms with Crippen molar-refractivity contribution < 1.29 is 4.79 Å². The average Bonchev–Trinajstić information content (AvgIpc) is 1.93. The van der Waals surface area contributed by atoms with E-state index in [4.69, 9.17) is 5.73 Å². The van der Waals surface area contributed by atoms with Crippen LogP contribution in [0.25, 0.3) is 0 Å². The van der Waals surface area contributed by atoms with E-state index in [0.717, 1.165) is 25.9 Å². The fourth-order valence-electron chi connectivity index (χ4n) is 1.28. The van der Waals surface area contributed by atoms with Gasteiger partial charge in [-0.25, -0.2) is 4.79 Å². The molecular formula is C8H17N3O. The first-order valence-electron chi connectivity index (χ1n) is 4.44. The van der Waals surface area contributed by atoms with E-state index in [9.17, 15) is 4.79 Å². The van der Waals surface area contributed by atoms with Crippen LogP contribution in [0.3, 0.4) is 0 Å². The van der Waals surface area contributed by atoms with Gasteiger partial charge in [0.05, 0.1) is 0 Å². The minimum atomic E-state index is -0.337. The Hall–Kier alpha value is -0.770. The molecule has 1 heterocycles. The number of nitrogens with one attached hydrogen (secondary N) is 1. The second kappa shape index (κ2) is 4.30. The number of amides is 2. The minimum Gasteiger partial charge on any atom is -0.351 e. The first-order valence-corrected chi connectivity index (χ1v) is 4.44.